The van der Waals surface area contributed by atoms with Crippen molar-refractivity contribution in [2.24, 2.45) is 0 Å². The molecule has 0 unspecified atom stereocenters. The highest BCUT2D eigenvalue weighted by atomic mass is 19.1. The number of hydrogen-bond donors (Lipinski definition) is 1. The third-order valence-electron chi connectivity index (χ3n) is 2.49. The molecule has 1 aromatic carbocycles. The topological polar surface area (TPSA) is 87.6 Å². The van der Waals surface area contributed by atoms with Crippen molar-refractivity contribution in [1.82, 2.24) is 4.98 Å². The number of carbonyl (C=O) groups is 1. The lowest BCUT2D eigenvalue weighted by Gasteiger charge is -2.05. The van der Waals surface area contributed by atoms with Crippen LogP contribution in [0.3, 0.4) is 0 Å². The number of rotatable bonds is 4. The number of nitrogens with two attached hydrogens (primary N) is 1. The van der Waals surface area contributed by atoms with Gasteiger partial charge in [0, 0.05) is 11.8 Å². The number of esters is 1. The van der Waals surface area contributed by atoms with Crippen LogP contribution in [0.25, 0.3) is 0 Å². The number of oxazole rings is 1. The first-order valence-electron chi connectivity index (χ1n) is 5.87. The van der Waals surface area contributed by atoms with Crippen molar-refractivity contribution < 1.29 is 23.1 Å². The largest absolute Gasteiger partial charge is 0.461 e. The Labute approximate surface area is 114 Å². The highest BCUT2D eigenvalue weighted by Gasteiger charge is 2.16. The standard InChI is InChI=1S/C13H13FN2O4/c1-3-18-12(17)10-6-19-13(16-10)20-11-4-7(2)9(15)5-8(11)14/h4-6H,3,15H2,1-2H3. The number of benzene rings is 1. The van der Waals surface area contributed by atoms with E-state index in [9.17, 15) is 9.18 Å². The molecule has 0 aliphatic heterocycles. The molecular weight excluding hydrogens is 267 g/mol. The third kappa shape index (κ3) is 2.87. The van der Waals surface area contributed by atoms with E-state index < -0.39 is 11.8 Å². The lowest BCUT2D eigenvalue weighted by Crippen LogP contribution is -2.04. The SMILES string of the molecule is CCOC(=O)c1coc(Oc2cc(C)c(N)cc2F)n1. The maximum Gasteiger partial charge on any atom is 0.400 e. The summed E-state index contributed by atoms with van der Waals surface area (Å²) in [5.41, 5.74) is 6.48. The molecule has 0 spiro atoms. The Balaban J connectivity index is 2.19. The molecule has 2 aromatic rings. The van der Waals surface area contributed by atoms with E-state index in [1.807, 2.05) is 0 Å². The van der Waals surface area contributed by atoms with Gasteiger partial charge in [0.2, 0.25) is 0 Å². The van der Waals surface area contributed by atoms with E-state index in [-0.39, 0.29) is 24.1 Å². The number of hydrogen-bond acceptors (Lipinski definition) is 6. The molecule has 0 radical (unpaired) electrons. The van der Waals surface area contributed by atoms with Crippen LogP contribution in [0.5, 0.6) is 11.8 Å². The molecule has 2 N–H and O–H groups in total. The number of anilines is 1. The van der Waals surface area contributed by atoms with Crippen LogP contribution in [0.1, 0.15) is 23.0 Å². The van der Waals surface area contributed by atoms with Gasteiger partial charge in [0.25, 0.3) is 0 Å². The Bertz CT molecular complexity index is 639. The summed E-state index contributed by atoms with van der Waals surface area (Å²) in [6, 6.07) is 2.55. The average Bonchev–Trinajstić information content (AvgIpc) is 2.85. The Morgan fingerprint density at radius 3 is 2.95 bits per heavy atom. The van der Waals surface area contributed by atoms with Crippen molar-refractivity contribution in [3.63, 3.8) is 0 Å². The quantitative estimate of drug-likeness (QED) is 0.684. The number of carbonyl (C=O) groups excluding carboxylic acids is 1. The first-order chi connectivity index (χ1) is 9.51. The number of nitrogens with zero attached hydrogens (tertiary/aromatic N) is 1. The lowest BCUT2D eigenvalue weighted by molar-refractivity contribution is 0.0519. The van der Waals surface area contributed by atoms with Crippen molar-refractivity contribution in [3.8, 4) is 11.8 Å². The Morgan fingerprint density at radius 2 is 2.25 bits per heavy atom. The Kier molecular flexibility index (Phi) is 3.88. The van der Waals surface area contributed by atoms with Gasteiger partial charge in [0.15, 0.2) is 17.3 Å². The summed E-state index contributed by atoms with van der Waals surface area (Å²) in [5, 5.41) is 0. The molecule has 7 heteroatoms. The number of nitrogen functional groups attached to an aromatic ring is 1. The highest BCUT2D eigenvalue weighted by molar-refractivity contribution is 5.86. The van der Waals surface area contributed by atoms with E-state index in [1.165, 1.54) is 6.07 Å². The van der Waals surface area contributed by atoms with Crippen LogP contribution in [-0.4, -0.2) is 17.6 Å². The Hall–Kier alpha value is -2.57. The molecule has 20 heavy (non-hydrogen) atoms. The van der Waals surface area contributed by atoms with Gasteiger partial charge in [-0.2, -0.15) is 4.98 Å². The van der Waals surface area contributed by atoms with Crippen LogP contribution in [0.2, 0.25) is 0 Å². The molecule has 6 nitrogen and oxygen atoms in total. The molecule has 1 aromatic heterocycles. The zero-order valence-corrected chi connectivity index (χ0v) is 11.0. The van der Waals surface area contributed by atoms with Gasteiger partial charge < -0.3 is 19.6 Å². The van der Waals surface area contributed by atoms with Gasteiger partial charge in [-0.3, -0.25) is 0 Å². The summed E-state index contributed by atoms with van der Waals surface area (Å²) in [4.78, 5) is 15.1. The Morgan fingerprint density at radius 1 is 1.50 bits per heavy atom. The monoisotopic (exact) mass is 280 g/mol. The molecule has 106 valence electrons. The number of aromatic nitrogens is 1. The van der Waals surface area contributed by atoms with Gasteiger partial charge in [0.05, 0.1) is 6.61 Å². The molecule has 0 bridgehead atoms. The molecule has 1 heterocycles. The van der Waals surface area contributed by atoms with Crippen molar-refractivity contribution >= 4 is 11.7 Å². The maximum absolute atomic E-state index is 13.6. The predicted octanol–water partition coefficient (Wildman–Crippen LogP) is 2.67. The fraction of sp³-hybridized carbons (Fsp3) is 0.231. The molecular formula is C13H13FN2O4. The lowest BCUT2D eigenvalue weighted by atomic mass is 10.2. The van der Waals surface area contributed by atoms with Crippen molar-refractivity contribution in [2.75, 3.05) is 12.3 Å². The van der Waals surface area contributed by atoms with Crippen LogP contribution in [0.15, 0.2) is 22.8 Å². The molecule has 0 amide bonds. The second kappa shape index (κ2) is 5.60. The first-order valence-corrected chi connectivity index (χ1v) is 5.87. The molecule has 0 atom stereocenters. The first kappa shape index (κ1) is 13.9. The number of ether oxygens (including phenoxy) is 2. The van der Waals surface area contributed by atoms with Crippen molar-refractivity contribution in [1.29, 1.82) is 0 Å². The molecule has 2 rings (SSSR count). The van der Waals surface area contributed by atoms with Crippen LogP contribution in [0, 0.1) is 12.7 Å². The molecule has 0 saturated carbocycles. The summed E-state index contributed by atoms with van der Waals surface area (Å²) in [6.07, 6.45) is 0.825. The normalized spacial score (nSPS) is 10.3. The number of aryl methyl sites for hydroxylation is 1. The summed E-state index contributed by atoms with van der Waals surface area (Å²) in [7, 11) is 0. The summed E-state index contributed by atoms with van der Waals surface area (Å²) < 4.78 is 28.4. The van der Waals surface area contributed by atoms with E-state index in [4.69, 9.17) is 19.6 Å². The molecule has 0 saturated heterocycles. The highest BCUT2D eigenvalue weighted by Crippen LogP contribution is 2.27. The predicted molar refractivity (Wildman–Crippen MR) is 68.1 cm³/mol. The van der Waals surface area contributed by atoms with Gasteiger partial charge in [-0.15, -0.1) is 0 Å². The van der Waals surface area contributed by atoms with Gasteiger partial charge in [0.1, 0.15) is 6.26 Å². The van der Waals surface area contributed by atoms with Gasteiger partial charge >= 0.3 is 12.0 Å². The molecule has 0 aliphatic carbocycles. The maximum atomic E-state index is 13.6. The van der Waals surface area contributed by atoms with E-state index in [0.717, 1.165) is 12.3 Å². The van der Waals surface area contributed by atoms with E-state index in [1.54, 1.807) is 13.8 Å². The minimum Gasteiger partial charge on any atom is -0.461 e. The second-order valence-corrected chi connectivity index (χ2v) is 3.96. The van der Waals surface area contributed by atoms with Crippen LogP contribution >= 0.6 is 0 Å². The third-order valence-corrected chi connectivity index (χ3v) is 2.49. The summed E-state index contributed by atoms with van der Waals surface area (Å²) in [6.45, 7) is 3.59. The van der Waals surface area contributed by atoms with Gasteiger partial charge in [-0.05, 0) is 25.5 Å². The minimum absolute atomic E-state index is 0.0468. The second-order valence-electron chi connectivity index (χ2n) is 3.96. The van der Waals surface area contributed by atoms with E-state index >= 15 is 0 Å². The van der Waals surface area contributed by atoms with Crippen LogP contribution in [-0.2, 0) is 4.74 Å². The zero-order valence-electron chi connectivity index (χ0n) is 11.0. The summed E-state index contributed by atoms with van der Waals surface area (Å²) >= 11 is 0. The van der Waals surface area contributed by atoms with Crippen LogP contribution in [0.4, 0.5) is 10.1 Å². The smallest absolute Gasteiger partial charge is 0.400 e. The fourth-order valence-electron chi connectivity index (χ4n) is 1.45. The molecule has 0 fully saturated rings. The molecule has 0 aliphatic rings. The van der Waals surface area contributed by atoms with Gasteiger partial charge in [-0.25, -0.2) is 9.18 Å². The minimum atomic E-state index is -0.649. The van der Waals surface area contributed by atoms with Crippen molar-refractivity contribution in [3.05, 3.63) is 35.5 Å². The fourth-order valence-corrected chi connectivity index (χ4v) is 1.45. The zero-order chi connectivity index (χ0) is 14.7. The van der Waals surface area contributed by atoms with Crippen molar-refractivity contribution in [2.45, 2.75) is 13.8 Å². The average molecular weight is 280 g/mol. The van der Waals surface area contributed by atoms with Gasteiger partial charge in [-0.1, -0.05) is 0 Å². The van der Waals surface area contributed by atoms with Crippen LogP contribution < -0.4 is 10.5 Å². The number of halogens is 1. The summed E-state index contributed by atoms with van der Waals surface area (Å²) in [5.74, 6) is -1.38. The van der Waals surface area contributed by atoms with E-state index in [2.05, 4.69) is 4.98 Å². The van der Waals surface area contributed by atoms with E-state index in [0.29, 0.717) is 11.3 Å².